The van der Waals surface area contributed by atoms with Gasteiger partial charge in [-0.25, -0.2) is 0 Å². The van der Waals surface area contributed by atoms with E-state index >= 15 is 0 Å². The molecule has 0 spiro atoms. The molecule has 4 heteroatoms. The molecular weight excluding hydrogens is 282 g/mol. The van der Waals surface area contributed by atoms with Gasteiger partial charge in [-0.1, -0.05) is 69.2 Å². The molecule has 0 fully saturated rings. The van der Waals surface area contributed by atoms with E-state index in [1.807, 2.05) is 13.8 Å². The van der Waals surface area contributed by atoms with Gasteiger partial charge in [0.2, 0.25) is 0 Å². The van der Waals surface area contributed by atoms with Crippen LogP contribution >= 0.6 is 0 Å². The molecule has 0 saturated carbocycles. The molecule has 0 N–H and O–H groups in total. The summed E-state index contributed by atoms with van der Waals surface area (Å²) in [5.41, 5.74) is 0. The second kappa shape index (κ2) is 21.9. The van der Waals surface area contributed by atoms with Gasteiger partial charge in [-0.3, -0.25) is 0 Å². The van der Waals surface area contributed by atoms with Gasteiger partial charge in [0.05, 0.1) is 0 Å². The van der Waals surface area contributed by atoms with Crippen molar-refractivity contribution in [3.05, 3.63) is 16.0 Å². The van der Waals surface area contributed by atoms with Gasteiger partial charge in [-0.15, -0.1) is 24.2 Å². The molecule has 0 aromatic heterocycles. The predicted octanol–water partition coefficient (Wildman–Crippen LogP) is 5.75. The molecule has 3 nitrogen and oxygen atoms in total. The van der Waals surface area contributed by atoms with Gasteiger partial charge >= 0.3 is 21.7 Å². The van der Waals surface area contributed by atoms with E-state index in [1.54, 1.807) is 0 Å². The summed E-state index contributed by atoms with van der Waals surface area (Å²) in [6.07, 6.45) is 0. The minimum absolute atomic E-state index is 0. The van der Waals surface area contributed by atoms with E-state index in [-0.39, 0.29) is 21.7 Å². The summed E-state index contributed by atoms with van der Waals surface area (Å²) >= 11 is 0. The van der Waals surface area contributed by atoms with Gasteiger partial charge in [-0.05, 0) is 0 Å². The number of hydrogen-bond acceptors (Lipinski definition) is 0. The van der Waals surface area contributed by atoms with Crippen molar-refractivity contribution in [3.63, 3.8) is 0 Å². The SMILES string of the molecule is CC(C)[N-]C(C)C.CC(C)[N-]C(C)C.CC[N-]CC.[Ti+3]. The Kier molecular flexibility index (Phi) is 31.4. The smallest absolute Gasteiger partial charge is 0.663 e. The third kappa shape index (κ3) is 51.3. The maximum absolute atomic E-state index is 4.28. The fraction of sp³-hybridized carbons (Fsp3) is 1.00. The zero-order chi connectivity index (χ0) is 15.8. The van der Waals surface area contributed by atoms with Gasteiger partial charge in [0.15, 0.2) is 0 Å². The van der Waals surface area contributed by atoms with Crippen molar-refractivity contribution < 1.29 is 21.7 Å². The van der Waals surface area contributed by atoms with Crippen LogP contribution in [0.2, 0.25) is 0 Å². The van der Waals surface area contributed by atoms with Gasteiger partial charge < -0.3 is 16.0 Å². The Morgan fingerprint density at radius 2 is 0.750 bits per heavy atom. The molecule has 0 aromatic rings. The van der Waals surface area contributed by atoms with Crippen molar-refractivity contribution in [2.24, 2.45) is 0 Å². The zero-order valence-corrected chi connectivity index (χ0v) is 17.1. The van der Waals surface area contributed by atoms with Gasteiger partial charge in [0.1, 0.15) is 0 Å². The van der Waals surface area contributed by atoms with Gasteiger partial charge in [0.25, 0.3) is 0 Å². The molecule has 0 amide bonds. The van der Waals surface area contributed by atoms with E-state index < -0.39 is 0 Å². The summed E-state index contributed by atoms with van der Waals surface area (Å²) < 4.78 is 0. The van der Waals surface area contributed by atoms with Crippen LogP contribution in [0.4, 0.5) is 0 Å². The average Bonchev–Trinajstić information content (AvgIpc) is 2.15. The van der Waals surface area contributed by atoms with E-state index in [0.717, 1.165) is 13.1 Å². The summed E-state index contributed by atoms with van der Waals surface area (Å²) in [6.45, 7) is 22.8. The molecular formula is C16H38N3Ti. The molecule has 0 rings (SSSR count). The topological polar surface area (TPSA) is 42.3 Å². The van der Waals surface area contributed by atoms with Crippen LogP contribution in [-0.2, 0) is 21.7 Å². The molecule has 0 heterocycles. The molecule has 20 heavy (non-hydrogen) atoms. The minimum Gasteiger partial charge on any atom is -0.663 e. The Morgan fingerprint density at radius 1 is 0.550 bits per heavy atom. The summed E-state index contributed by atoms with van der Waals surface area (Å²) in [6, 6.07) is 2.00. The normalized spacial score (nSPS) is 9.90. The second-order valence-electron chi connectivity index (χ2n) is 5.53. The van der Waals surface area contributed by atoms with Crippen molar-refractivity contribution in [2.45, 2.75) is 93.4 Å². The Morgan fingerprint density at radius 3 is 0.750 bits per heavy atom. The van der Waals surface area contributed by atoms with Crippen LogP contribution in [0.1, 0.15) is 69.2 Å². The Bertz CT molecular complexity index is 121. The summed E-state index contributed by atoms with van der Waals surface area (Å²) in [7, 11) is 0. The predicted molar refractivity (Wildman–Crippen MR) is 91.7 cm³/mol. The van der Waals surface area contributed by atoms with E-state index in [9.17, 15) is 0 Å². The van der Waals surface area contributed by atoms with Crippen LogP contribution in [0.5, 0.6) is 0 Å². The average molecular weight is 320 g/mol. The second-order valence-corrected chi connectivity index (χ2v) is 5.53. The first-order valence-electron chi connectivity index (χ1n) is 7.70. The van der Waals surface area contributed by atoms with Crippen LogP contribution in [0.3, 0.4) is 0 Å². The van der Waals surface area contributed by atoms with Crippen LogP contribution in [0.15, 0.2) is 0 Å². The molecule has 0 aliphatic heterocycles. The summed E-state index contributed by atoms with van der Waals surface area (Å²) in [5, 5.41) is 12.5. The molecule has 0 aliphatic rings. The number of nitrogens with zero attached hydrogens (tertiary/aromatic N) is 3. The zero-order valence-electron chi connectivity index (χ0n) is 15.6. The van der Waals surface area contributed by atoms with Crippen molar-refractivity contribution in [3.8, 4) is 0 Å². The summed E-state index contributed by atoms with van der Waals surface area (Å²) in [5.74, 6) is 0. The van der Waals surface area contributed by atoms with E-state index in [2.05, 4.69) is 71.3 Å². The molecule has 0 aliphatic carbocycles. The van der Waals surface area contributed by atoms with Crippen molar-refractivity contribution >= 4 is 0 Å². The fourth-order valence-electron chi connectivity index (χ4n) is 1.42. The maximum Gasteiger partial charge on any atom is 3.00 e. The number of rotatable bonds is 6. The van der Waals surface area contributed by atoms with E-state index in [1.165, 1.54) is 0 Å². The molecule has 0 saturated heterocycles. The third-order valence-electron chi connectivity index (χ3n) is 1.64. The van der Waals surface area contributed by atoms with Crippen LogP contribution in [0, 0.1) is 0 Å². The molecule has 0 bridgehead atoms. The van der Waals surface area contributed by atoms with Crippen molar-refractivity contribution in [1.29, 1.82) is 0 Å². The van der Waals surface area contributed by atoms with E-state index in [4.69, 9.17) is 0 Å². The first-order valence-corrected chi connectivity index (χ1v) is 7.70. The standard InChI is InChI=1S/2C6H14N.C4H10N.Ti/c2*1-5(2)7-6(3)4;1-3-5-4-2;/h2*5-6H,1-4H3;3-4H2,1-2H3;/q3*-1;+3. The largest absolute Gasteiger partial charge is 3.00 e. The molecule has 1 radical (unpaired) electrons. The Labute approximate surface area is 144 Å². The molecule has 0 atom stereocenters. The Hall–Kier alpha value is 0.594. The van der Waals surface area contributed by atoms with Gasteiger partial charge in [-0.2, -0.15) is 13.1 Å². The molecule has 0 aromatic carbocycles. The van der Waals surface area contributed by atoms with Crippen molar-refractivity contribution in [2.75, 3.05) is 13.1 Å². The van der Waals surface area contributed by atoms with Crippen LogP contribution in [0.25, 0.3) is 16.0 Å². The number of hydrogen-bond donors (Lipinski definition) is 0. The van der Waals surface area contributed by atoms with Crippen LogP contribution in [-0.4, -0.2) is 37.3 Å². The van der Waals surface area contributed by atoms with Gasteiger partial charge in [0, 0.05) is 0 Å². The molecule has 0 unspecified atom stereocenters. The monoisotopic (exact) mass is 320 g/mol. The fourth-order valence-corrected chi connectivity index (χ4v) is 1.42. The Balaban J connectivity index is -0.0000000952. The summed E-state index contributed by atoms with van der Waals surface area (Å²) in [4.78, 5) is 0. The maximum atomic E-state index is 4.28. The third-order valence-corrected chi connectivity index (χ3v) is 1.64. The van der Waals surface area contributed by atoms with Crippen molar-refractivity contribution in [1.82, 2.24) is 0 Å². The van der Waals surface area contributed by atoms with Crippen LogP contribution < -0.4 is 0 Å². The molecule has 121 valence electrons. The first kappa shape index (κ1) is 28.7. The van der Waals surface area contributed by atoms with E-state index in [0.29, 0.717) is 24.2 Å². The quantitative estimate of drug-likeness (QED) is 0.559. The minimum atomic E-state index is 0. The first-order chi connectivity index (χ1) is 8.67.